The first-order valence-corrected chi connectivity index (χ1v) is 13.9. The lowest BCUT2D eigenvalue weighted by Crippen LogP contribution is -2.41. The summed E-state index contributed by atoms with van der Waals surface area (Å²) in [5.74, 6) is -2.31. The Morgan fingerprint density at radius 3 is 1.81 bits per heavy atom. The molecule has 0 aliphatic carbocycles. The molecule has 0 spiro atoms. The van der Waals surface area contributed by atoms with Crippen molar-refractivity contribution >= 4 is 39.7 Å². The quantitative estimate of drug-likeness (QED) is 0.170. The largest absolute Gasteiger partial charge is 0.460 e. The standard InChI is InChI=1S/C13H17FN2O3.C11H21NO4.C5H3BrFN/c1-8(16-12(18)19-13(2,3)4)11(17)10-6-5-9(14)7-15-10;1-8(10(14)12(5)15-6)7-9(13)16-11(2,3)4;6-5-2-1-4(7)3-8-5/h5-8H,1-4H3,(H,16,18);8H,7H2,1-6H3;1-3H/t2*8-;/m01./s1. The third-order valence-corrected chi connectivity index (χ3v) is 5.17. The van der Waals surface area contributed by atoms with Crippen molar-refractivity contribution in [3.63, 3.8) is 0 Å². The molecule has 2 heterocycles. The molecule has 0 radical (unpaired) electrons. The summed E-state index contributed by atoms with van der Waals surface area (Å²) in [5.41, 5.74) is -1.07. The smallest absolute Gasteiger partial charge is 0.408 e. The SMILES string of the molecule is CON(C)C(=O)[C@H](C)CC(=O)OC(C)(C)C.C[C@H](NC(=O)OC(C)(C)C)C(=O)c1ccc(F)cn1.Fc1ccc(Br)nc1. The molecule has 0 bridgehead atoms. The van der Waals surface area contributed by atoms with Crippen molar-refractivity contribution in [3.05, 3.63) is 58.6 Å². The van der Waals surface area contributed by atoms with Crippen molar-refractivity contribution in [1.29, 1.82) is 0 Å². The first-order chi connectivity index (χ1) is 19.6. The summed E-state index contributed by atoms with van der Waals surface area (Å²) in [6, 6.07) is 4.51. The number of esters is 1. The van der Waals surface area contributed by atoms with Crippen molar-refractivity contribution in [1.82, 2.24) is 20.3 Å². The number of nitrogens with zero attached hydrogens (tertiary/aromatic N) is 3. The molecule has 0 aliphatic heterocycles. The second kappa shape index (κ2) is 18.2. The summed E-state index contributed by atoms with van der Waals surface area (Å²) < 4.78 is 35.5. The number of carbonyl (C=O) groups is 4. The van der Waals surface area contributed by atoms with Gasteiger partial charge in [-0.15, -0.1) is 0 Å². The number of aromatic nitrogens is 2. The van der Waals surface area contributed by atoms with Crippen LogP contribution in [0, 0.1) is 17.6 Å². The van der Waals surface area contributed by atoms with E-state index in [1.165, 1.54) is 33.2 Å². The highest BCUT2D eigenvalue weighted by molar-refractivity contribution is 9.10. The number of hydrogen-bond donors (Lipinski definition) is 1. The number of carbonyl (C=O) groups excluding carboxylic acids is 4. The summed E-state index contributed by atoms with van der Waals surface area (Å²) in [6.07, 6.45) is 1.48. The van der Waals surface area contributed by atoms with Gasteiger partial charge in [0.25, 0.3) is 0 Å². The molecule has 2 atom stereocenters. The van der Waals surface area contributed by atoms with Crippen LogP contribution in [0.1, 0.15) is 72.3 Å². The molecule has 0 aliphatic rings. The number of pyridine rings is 2. The van der Waals surface area contributed by atoms with E-state index >= 15 is 0 Å². The lowest BCUT2D eigenvalue weighted by Gasteiger charge is -2.22. The molecule has 2 aromatic rings. The lowest BCUT2D eigenvalue weighted by atomic mass is 10.1. The molecule has 43 heavy (non-hydrogen) atoms. The van der Waals surface area contributed by atoms with Crippen LogP contribution >= 0.6 is 15.9 Å². The van der Waals surface area contributed by atoms with Crippen LogP contribution in [0.4, 0.5) is 13.6 Å². The number of Topliss-reactive ketones (excluding diaryl/α,β-unsaturated/α-hetero) is 1. The third kappa shape index (κ3) is 18.6. The molecule has 0 aromatic carbocycles. The third-order valence-electron chi connectivity index (χ3n) is 4.70. The van der Waals surface area contributed by atoms with E-state index in [-0.39, 0.29) is 29.8 Å². The molecule has 2 amide bonds. The van der Waals surface area contributed by atoms with Crippen molar-refractivity contribution < 1.29 is 42.3 Å². The van der Waals surface area contributed by atoms with Crippen LogP contribution in [0.25, 0.3) is 0 Å². The highest BCUT2D eigenvalue weighted by Crippen LogP contribution is 2.13. The Morgan fingerprint density at radius 2 is 1.42 bits per heavy atom. The number of nitrogens with one attached hydrogen (secondary N) is 1. The summed E-state index contributed by atoms with van der Waals surface area (Å²) >= 11 is 3.07. The van der Waals surface area contributed by atoms with Crippen LogP contribution in [0.2, 0.25) is 0 Å². The van der Waals surface area contributed by atoms with Gasteiger partial charge in [-0.25, -0.2) is 23.6 Å². The van der Waals surface area contributed by atoms with Crippen LogP contribution < -0.4 is 5.32 Å². The molecule has 0 saturated carbocycles. The van der Waals surface area contributed by atoms with E-state index in [4.69, 9.17) is 14.3 Å². The molecule has 1 N–H and O–H groups in total. The van der Waals surface area contributed by atoms with E-state index < -0.39 is 40.9 Å². The van der Waals surface area contributed by atoms with Gasteiger partial charge in [-0.3, -0.25) is 24.2 Å². The van der Waals surface area contributed by atoms with Crippen molar-refractivity contribution in [2.24, 2.45) is 5.92 Å². The van der Waals surface area contributed by atoms with Gasteiger partial charge in [-0.05, 0) is 88.7 Å². The van der Waals surface area contributed by atoms with Gasteiger partial charge >= 0.3 is 12.1 Å². The first kappa shape index (κ1) is 39.5. The number of rotatable bonds is 7. The highest BCUT2D eigenvalue weighted by atomic mass is 79.9. The second-order valence-corrected chi connectivity index (χ2v) is 11.9. The molecule has 11 nitrogen and oxygen atoms in total. The zero-order chi connectivity index (χ0) is 33.5. The maximum absolute atomic E-state index is 12.7. The summed E-state index contributed by atoms with van der Waals surface area (Å²) in [4.78, 5) is 58.4. The molecule has 0 saturated heterocycles. The number of ether oxygens (including phenoxy) is 2. The van der Waals surface area contributed by atoms with E-state index in [2.05, 4.69) is 31.2 Å². The lowest BCUT2D eigenvalue weighted by molar-refractivity contribution is -0.176. The molecule has 0 fully saturated rings. The fourth-order valence-corrected chi connectivity index (χ4v) is 3.01. The van der Waals surface area contributed by atoms with E-state index in [0.29, 0.717) is 4.60 Å². The topological polar surface area (TPSA) is 137 Å². The molecular weight excluding hydrogens is 634 g/mol. The van der Waals surface area contributed by atoms with Crippen LogP contribution in [-0.4, -0.2) is 70.2 Å². The zero-order valence-electron chi connectivity index (χ0n) is 26.2. The van der Waals surface area contributed by atoms with Crippen molar-refractivity contribution in [2.75, 3.05) is 14.2 Å². The van der Waals surface area contributed by atoms with Crippen molar-refractivity contribution in [3.8, 4) is 0 Å². The molecule has 2 rings (SSSR count). The molecule has 240 valence electrons. The zero-order valence-corrected chi connectivity index (χ0v) is 27.7. The molecule has 2 aromatic heterocycles. The number of halogens is 3. The summed E-state index contributed by atoms with van der Waals surface area (Å²) in [7, 11) is 2.91. The van der Waals surface area contributed by atoms with Crippen molar-refractivity contribution in [2.45, 2.75) is 79.1 Å². The monoisotopic (exact) mass is 674 g/mol. The van der Waals surface area contributed by atoms with Gasteiger partial charge in [0.1, 0.15) is 33.1 Å². The van der Waals surface area contributed by atoms with E-state index in [9.17, 15) is 28.0 Å². The van der Waals surface area contributed by atoms with Crippen LogP contribution in [0.3, 0.4) is 0 Å². The number of alkyl carbamates (subject to hydrolysis) is 1. The minimum absolute atomic E-state index is 0.0593. The number of hydrogen-bond acceptors (Lipinski definition) is 9. The Kier molecular flexibility index (Phi) is 16.7. The van der Waals surface area contributed by atoms with Gasteiger partial charge in [0.2, 0.25) is 11.7 Å². The minimum Gasteiger partial charge on any atom is -0.460 e. The molecular formula is C29H41BrF2N4O7. The maximum atomic E-state index is 12.7. The van der Waals surface area contributed by atoms with E-state index in [1.54, 1.807) is 54.5 Å². The fraction of sp³-hybridized carbons (Fsp3) is 0.517. The van der Waals surface area contributed by atoms with E-state index in [1.807, 2.05) is 0 Å². The number of amides is 2. The summed E-state index contributed by atoms with van der Waals surface area (Å²) in [5, 5.41) is 3.51. The van der Waals surface area contributed by atoms with Gasteiger partial charge in [0, 0.05) is 13.0 Å². The Balaban J connectivity index is 0.000000662. The first-order valence-electron chi connectivity index (χ1n) is 13.1. The second-order valence-electron chi connectivity index (χ2n) is 11.1. The average molecular weight is 676 g/mol. The number of ketones is 1. The number of hydroxylamine groups is 2. The van der Waals surface area contributed by atoms with Crippen LogP contribution in [0.5, 0.6) is 0 Å². The Bertz CT molecular complexity index is 1160. The molecule has 0 unspecified atom stereocenters. The normalized spacial score (nSPS) is 12.2. The highest BCUT2D eigenvalue weighted by Gasteiger charge is 2.24. The van der Waals surface area contributed by atoms with Gasteiger partial charge < -0.3 is 14.8 Å². The van der Waals surface area contributed by atoms with Gasteiger partial charge in [-0.2, -0.15) is 0 Å². The maximum Gasteiger partial charge on any atom is 0.408 e. The predicted octanol–water partition coefficient (Wildman–Crippen LogP) is 5.67. The van der Waals surface area contributed by atoms with Gasteiger partial charge in [0.05, 0.1) is 32.0 Å². The Labute approximate surface area is 259 Å². The molecule has 14 heteroatoms. The average Bonchev–Trinajstić information content (AvgIpc) is 2.87. The van der Waals surface area contributed by atoms with Crippen LogP contribution in [-0.2, 0) is 23.9 Å². The Hall–Kier alpha value is -3.52. The van der Waals surface area contributed by atoms with Gasteiger partial charge in [0.15, 0.2) is 0 Å². The van der Waals surface area contributed by atoms with Gasteiger partial charge in [-0.1, -0.05) is 6.92 Å². The van der Waals surface area contributed by atoms with E-state index in [0.717, 1.165) is 23.5 Å². The Morgan fingerprint density at radius 1 is 0.907 bits per heavy atom. The predicted molar refractivity (Wildman–Crippen MR) is 159 cm³/mol. The summed E-state index contributed by atoms with van der Waals surface area (Å²) in [6.45, 7) is 13.7. The fourth-order valence-electron chi connectivity index (χ4n) is 2.77. The van der Waals surface area contributed by atoms with Crippen LogP contribution in [0.15, 0.2) is 41.3 Å². The minimum atomic E-state index is -0.798.